The monoisotopic (exact) mass is 336 g/mol. The number of hydrogen-bond acceptors (Lipinski definition) is 4. The summed E-state index contributed by atoms with van der Waals surface area (Å²) in [4.78, 5) is 0. The maximum atomic E-state index is 6.13. The number of thiophene rings is 1. The summed E-state index contributed by atoms with van der Waals surface area (Å²) in [6.45, 7) is 0. The lowest BCUT2D eigenvalue weighted by Crippen LogP contribution is -2.17. The Labute approximate surface area is 146 Å². The molecule has 0 fully saturated rings. The van der Waals surface area contributed by atoms with E-state index >= 15 is 0 Å². The molecule has 4 heteroatoms. The molecule has 1 aromatic carbocycles. The number of hydrogen-bond donors (Lipinski definition) is 2. The fourth-order valence-corrected chi connectivity index (χ4v) is 3.76. The van der Waals surface area contributed by atoms with Gasteiger partial charge in [-0.25, -0.2) is 0 Å². The van der Waals surface area contributed by atoms with E-state index in [1.54, 1.807) is 11.3 Å². The molecule has 1 unspecified atom stereocenters. The van der Waals surface area contributed by atoms with Gasteiger partial charge in [-0.15, -0.1) is 0 Å². The van der Waals surface area contributed by atoms with Crippen molar-refractivity contribution >= 4 is 11.3 Å². The summed E-state index contributed by atoms with van der Waals surface area (Å²) in [6.07, 6.45) is 8.43. The Morgan fingerprint density at radius 1 is 1.25 bits per heavy atom. The molecule has 0 bridgehead atoms. The molecule has 2 heterocycles. The van der Waals surface area contributed by atoms with Gasteiger partial charge < -0.3 is 15.4 Å². The molecule has 1 aliphatic heterocycles. The van der Waals surface area contributed by atoms with Crippen LogP contribution in [-0.2, 0) is 4.74 Å². The van der Waals surface area contributed by atoms with Gasteiger partial charge in [-0.05, 0) is 52.4 Å². The molecule has 0 amide bonds. The smallest absolute Gasteiger partial charge is 0.213 e. The molecule has 1 aliphatic carbocycles. The lowest BCUT2D eigenvalue weighted by atomic mass is 10.0. The van der Waals surface area contributed by atoms with E-state index in [2.05, 4.69) is 70.0 Å². The van der Waals surface area contributed by atoms with E-state index in [-0.39, 0.29) is 6.23 Å². The largest absolute Gasteiger partial charge is 0.450 e. The van der Waals surface area contributed by atoms with Gasteiger partial charge in [0, 0.05) is 12.6 Å². The van der Waals surface area contributed by atoms with Crippen molar-refractivity contribution in [1.82, 2.24) is 10.6 Å². The zero-order chi connectivity index (χ0) is 16.4. The van der Waals surface area contributed by atoms with Gasteiger partial charge in [0.15, 0.2) is 6.23 Å². The van der Waals surface area contributed by atoms with Crippen molar-refractivity contribution in [3.05, 3.63) is 82.0 Å². The molecule has 1 aromatic heterocycles. The summed E-state index contributed by atoms with van der Waals surface area (Å²) in [6, 6.07) is 10.7. The summed E-state index contributed by atoms with van der Waals surface area (Å²) in [5.41, 5.74) is 5.97. The van der Waals surface area contributed by atoms with Crippen LogP contribution in [0.2, 0.25) is 0 Å². The van der Waals surface area contributed by atoms with E-state index in [1.165, 1.54) is 16.7 Å². The van der Waals surface area contributed by atoms with Gasteiger partial charge in [0.2, 0.25) is 5.88 Å². The van der Waals surface area contributed by atoms with Crippen molar-refractivity contribution in [2.75, 3.05) is 7.05 Å². The normalized spacial score (nSPS) is 19.7. The van der Waals surface area contributed by atoms with Crippen molar-refractivity contribution in [1.29, 1.82) is 0 Å². The lowest BCUT2D eigenvalue weighted by Gasteiger charge is -2.15. The second-order valence-electron chi connectivity index (χ2n) is 5.89. The fraction of sp³-hybridized carbons (Fsp3) is 0.200. The maximum Gasteiger partial charge on any atom is 0.213 e. The van der Waals surface area contributed by atoms with Gasteiger partial charge in [0.1, 0.15) is 5.70 Å². The second kappa shape index (κ2) is 6.57. The van der Waals surface area contributed by atoms with E-state index in [1.807, 2.05) is 7.05 Å². The highest BCUT2D eigenvalue weighted by molar-refractivity contribution is 7.08. The first kappa shape index (κ1) is 15.1. The Kier molecular flexibility index (Phi) is 4.13. The van der Waals surface area contributed by atoms with Gasteiger partial charge in [0.05, 0.1) is 0 Å². The lowest BCUT2D eigenvalue weighted by molar-refractivity contribution is 0.118. The van der Waals surface area contributed by atoms with Gasteiger partial charge in [-0.3, -0.25) is 0 Å². The van der Waals surface area contributed by atoms with E-state index < -0.39 is 0 Å². The zero-order valence-corrected chi connectivity index (χ0v) is 14.4. The van der Waals surface area contributed by atoms with E-state index in [0.29, 0.717) is 0 Å². The van der Waals surface area contributed by atoms with Crippen LogP contribution in [0.15, 0.2) is 76.5 Å². The Balaban J connectivity index is 1.60. The van der Waals surface area contributed by atoms with Crippen molar-refractivity contribution in [2.45, 2.75) is 19.1 Å². The molecule has 0 saturated heterocycles. The molecular weight excluding hydrogens is 316 g/mol. The summed E-state index contributed by atoms with van der Waals surface area (Å²) in [5, 5.41) is 11.0. The molecular formula is C20H20N2OS. The fourth-order valence-electron chi connectivity index (χ4n) is 3.10. The van der Waals surface area contributed by atoms with Crippen LogP contribution < -0.4 is 10.6 Å². The van der Waals surface area contributed by atoms with Crippen LogP contribution in [-0.4, -0.2) is 7.05 Å². The Morgan fingerprint density at radius 2 is 2.21 bits per heavy atom. The minimum absolute atomic E-state index is 0.159. The number of nitrogens with one attached hydrogen (secondary N) is 2. The molecule has 4 rings (SSSR count). The van der Waals surface area contributed by atoms with Crippen LogP contribution in [0.1, 0.15) is 24.6 Å². The number of rotatable bonds is 4. The Bertz CT molecular complexity index is 818. The highest BCUT2D eigenvalue weighted by Crippen LogP contribution is 2.33. The average Bonchev–Trinajstić information content (AvgIpc) is 3.32. The first-order valence-corrected chi connectivity index (χ1v) is 9.13. The SMILES string of the molecule is CNC1=C(C2=CC=CCC2)NC(c2cccc(-c3ccsc3)c2)O1. The van der Waals surface area contributed by atoms with Crippen LogP contribution in [0.25, 0.3) is 11.1 Å². The summed E-state index contributed by atoms with van der Waals surface area (Å²) >= 11 is 1.72. The van der Waals surface area contributed by atoms with Crippen LogP contribution in [0.4, 0.5) is 0 Å². The molecule has 2 N–H and O–H groups in total. The predicted octanol–water partition coefficient (Wildman–Crippen LogP) is 4.70. The third-order valence-electron chi connectivity index (χ3n) is 4.34. The number of allylic oxidation sites excluding steroid dienone is 4. The van der Waals surface area contributed by atoms with Gasteiger partial charge in [0.25, 0.3) is 0 Å². The molecule has 0 spiro atoms. The van der Waals surface area contributed by atoms with Crippen LogP contribution in [0.5, 0.6) is 0 Å². The number of benzene rings is 1. The summed E-state index contributed by atoms with van der Waals surface area (Å²) < 4.78 is 6.13. The van der Waals surface area contributed by atoms with Crippen LogP contribution >= 0.6 is 11.3 Å². The molecule has 3 nitrogen and oxygen atoms in total. The minimum Gasteiger partial charge on any atom is -0.450 e. The maximum absolute atomic E-state index is 6.13. The van der Waals surface area contributed by atoms with Gasteiger partial charge >= 0.3 is 0 Å². The Hall–Kier alpha value is -2.46. The highest BCUT2D eigenvalue weighted by atomic mass is 32.1. The van der Waals surface area contributed by atoms with E-state index in [0.717, 1.165) is 30.0 Å². The first-order chi connectivity index (χ1) is 11.8. The van der Waals surface area contributed by atoms with E-state index in [9.17, 15) is 0 Å². The van der Waals surface area contributed by atoms with Crippen molar-refractivity contribution in [3.63, 3.8) is 0 Å². The van der Waals surface area contributed by atoms with Crippen LogP contribution in [0.3, 0.4) is 0 Å². The topological polar surface area (TPSA) is 33.3 Å². The van der Waals surface area contributed by atoms with Crippen LogP contribution in [0, 0.1) is 0 Å². The summed E-state index contributed by atoms with van der Waals surface area (Å²) in [5.74, 6) is 0.822. The molecule has 1 atom stereocenters. The Morgan fingerprint density at radius 3 is 2.96 bits per heavy atom. The van der Waals surface area contributed by atoms with Gasteiger partial charge in [-0.1, -0.05) is 36.4 Å². The van der Waals surface area contributed by atoms with Crippen molar-refractivity contribution in [2.24, 2.45) is 0 Å². The minimum atomic E-state index is -0.159. The molecule has 2 aromatic rings. The van der Waals surface area contributed by atoms with Crippen molar-refractivity contribution < 1.29 is 4.74 Å². The molecule has 0 saturated carbocycles. The van der Waals surface area contributed by atoms with E-state index in [4.69, 9.17) is 4.74 Å². The highest BCUT2D eigenvalue weighted by Gasteiger charge is 2.28. The average molecular weight is 336 g/mol. The summed E-state index contributed by atoms with van der Waals surface area (Å²) in [7, 11) is 1.90. The third-order valence-corrected chi connectivity index (χ3v) is 5.03. The standard InChI is InChI=1S/C20H20N2OS/c1-21-20-18(14-6-3-2-4-7-14)22-19(23-20)16-9-5-8-15(12-16)17-10-11-24-13-17/h2-3,5-6,8-13,19,21-22H,4,7H2,1H3. The first-order valence-electron chi connectivity index (χ1n) is 8.19. The molecule has 24 heavy (non-hydrogen) atoms. The van der Waals surface area contributed by atoms with Crippen molar-refractivity contribution in [3.8, 4) is 11.1 Å². The zero-order valence-electron chi connectivity index (χ0n) is 13.6. The third kappa shape index (κ3) is 2.85. The second-order valence-corrected chi connectivity index (χ2v) is 6.67. The molecule has 2 aliphatic rings. The predicted molar refractivity (Wildman–Crippen MR) is 99.3 cm³/mol. The molecule has 0 radical (unpaired) electrons. The molecule has 122 valence electrons. The quantitative estimate of drug-likeness (QED) is 0.849. The number of ether oxygens (including phenoxy) is 1. The van der Waals surface area contributed by atoms with Gasteiger partial charge in [-0.2, -0.15) is 11.3 Å².